The quantitative estimate of drug-likeness (QED) is 0.549. The minimum absolute atomic E-state index is 0.783. The lowest BCUT2D eigenvalue weighted by Gasteiger charge is -1.98. The molecule has 4 heteroatoms. The maximum absolute atomic E-state index is 10.7. The molecule has 1 aromatic heterocycles. The Hall–Kier alpha value is 0.0600. The van der Waals surface area contributed by atoms with Crippen molar-refractivity contribution >= 4 is 66.2 Å². The van der Waals surface area contributed by atoms with Gasteiger partial charge in [-0.25, -0.2) is 0 Å². The molecule has 0 spiro atoms. The minimum Gasteiger partial charge on any atom is -0.298 e. The molecule has 0 unspecified atom stereocenters. The molecule has 0 bridgehead atoms. The van der Waals surface area contributed by atoms with E-state index in [0.29, 0.717) is 0 Å². The number of rotatable bonds is 1. The van der Waals surface area contributed by atoms with Crippen LogP contribution in [0.5, 0.6) is 0 Å². The van der Waals surface area contributed by atoms with Gasteiger partial charge in [0.1, 0.15) is 0 Å². The molecular weight excluding hydrogens is 363 g/mol. The molecule has 0 aliphatic carbocycles. The van der Waals surface area contributed by atoms with Crippen LogP contribution in [0.1, 0.15) is 10.4 Å². The number of hydrogen-bond acceptors (Lipinski definition) is 2. The van der Waals surface area contributed by atoms with Gasteiger partial charge < -0.3 is 0 Å². The van der Waals surface area contributed by atoms with Gasteiger partial charge in [0.25, 0.3) is 0 Å². The Morgan fingerprint density at radius 2 is 2.23 bits per heavy atom. The smallest absolute Gasteiger partial charge is 0.151 e. The zero-order valence-corrected chi connectivity index (χ0v) is 10.9. The molecule has 0 saturated carbocycles. The van der Waals surface area contributed by atoms with Gasteiger partial charge in [-0.05, 0) is 50.7 Å². The Kier molecular flexibility index (Phi) is 2.71. The van der Waals surface area contributed by atoms with E-state index >= 15 is 0 Å². The van der Waals surface area contributed by atoms with Gasteiger partial charge in [0.05, 0.1) is 0 Å². The fraction of sp³-hybridized carbons (Fsp3) is 0. The number of carbonyl (C=O) groups is 1. The van der Waals surface area contributed by atoms with E-state index in [0.717, 1.165) is 30.0 Å². The third-order valence-corrected chi connectivity index (χ3v) is 5.27. The summed E-state index contributed by atoms with van der Waals surface area (Å²) in [5.74, 6) is 0. The molecule has 13 heavy (non-hydrogen) atoms. The van der Waals surface area contributed by atoms with E-state index in [2.05, 4.69) is 38.5 Å². The SMILES string of the molecule is O=Cc1csc2ccc(Br)c(I)c12. The van der Waals surface area contributed by atoms with Crippen LogP contribution in [0.3, 0.4) is 0 Å². The Bertz CT molecular complexity index is 478. The summed E-state index contributed by atoms with van der Waals surface area (Å²) >= 11 is 7.30. The first-order valence-electron chi connectivity index (χ1n) is 3.54. The van der Waals surface area contributed by atoms with Crippen LogP contribution in [0.25, 0.3) is 10.1 Å². The topological polar surface area (TPSA) is 17.1 Å². The van der Waals surface area contributed by atoms with Gasteiger partial charge in [-0.2, -0.15) is 0 Å². The van der Waals surface area contributed by atoms with E-state index in [9.17, 15) is 4.79 Å². The van der Waals surface area contributed by atoms with Crippen LogP contribution in [-0.4, -0.2) is 6.29 Å². The van der Waals surface area contributed by atoms with Crippen molar-refractivity contribution in [2.45, 2.75) is 0 Å². The van der Waals surface area contributed by atoms with E-state index in [1.165, 1.54) is 0 Å². The van der Waals surface area contributed by atoms with E-state index < -0.39 is 0 Å². The highest BCUT2D eigenvalue weighted by molar-refractivity contribution is 14.1. The summed E-state index contributed by atoms with van der Waals surface area (Å²) in [6.07, 6.45) is 0.910. The predicted octanol–water partition coefficient (Wildman–Crippen LogP) is 4.08. The minimum atomic E-state index is 0.783. The van der Waals surface area contributed by atoms with Gasteiger partial charge in [-0.1, -0.05) is 0 Å². The highest BCUT2D eigenvalue weighted by atomic mass is 127. The van der Waals surface area contributed by atoms with Crippen molar-refractivity contribution < 1.29 is 4.79 Å². The van der Waals surface area contributed by atoms with Crippen molar-refractivity contribution in [3.63, 3.8) is 0 Å². The zero-order chi connectivity index (χ0) is 9.42. The number of benzene rings is 1. The molecule has 1 aromatic carbocycles. The van der Waals surface area contributed by atoms with Crippen molar-refractivity contribution in [2.75, 3.05) is 0 Å². The highest BCUT2D eigenvalue weighted by Crippen LogP contribution is 2.33. The van der Waals surface area contributed by atoms with E-state index in [4.69, 9.17) is 0 Å². The molecular formula is C9H4BrIOS. The summed E-state index contributed by atoms with van der Waals surface area (Å²) < 4.78 is 3.32. The first-order valence-corrected chi connectivity index (χ1v) is 6.29. The first kappa shape index (κ1) is 9.61. The van der Waals surface area contributed by atoms with Crippen LogP contribution in [-0.2, 0) is 0 Å². The predicted molar refractivity (Wildman–Crippen MR) is 67.6 cm³/mol. The van der Waals surface area contributed by atoms with Gasteiger partial charge in [0.2, 0.25) is 0 Å². The summed E-state index contributed by atoms with van der Waals surface area (Å²) in [4.78, 5) is 10.7. The van der Waals surface area contributed by atoms with Crippen molar-refractivity contribution in [1.82, 2.24) is 0 Å². The largest absolute Gasteiger partial charge is 0.298 e. The van der Waals surface area contributed by atoms with Crippen molar-refractivity contribution in [2.24, 2.45) is 0 Å². The summed E-state index contributed by atoms with van der Waals surface area (Å²) in [6.45, 7) is 0. The van der Waals surface area contributed by atoms with E-state index in [1.54, 1.807) is 11.3 Å². The van der Waals surface area contributed by atoms with Crippen LogP contribution in [0.4, 0.5) is 0 Å². The summed E-state index contributed by atoms with van der Waals surface area (Å²) in [7, 11) is 0. The fourth-order valence-electron chi connectivity index (χ4n) is 1.17. The van der Waals surface area contributed by atoms with Crippen LogP contribution in [0, 0.1) is 3.57 Å². The van der Waals surface area contributed by atoms with Crippen LogP contribution in [0.15, 0.2) is 22.0 Å². The number of fused-ring (bicyclic) bond motifs is 1. The molecule has 0 atom stereocenters. The lowest BCUT2D eigenvalue weighted by atomic mass is 10.2. The number of halogens is 2. The molecule has 0 aliphatic rings. The summed E-state index contributed by atoms with van der Waals surface area (Å²) in [5.41, 5.74) is 0.783. The summed E-state index contributed by atoms with van der Waals surface area (Å²) in [6, 6.07) is 4.04. The Balaban J connectivity index is 2.93. The number of hydrogen-bond donors (Lipinski definition) is 0. The van der Waals surface area contributed by atoms with Crippen LogP contribution < -0.4 is 0 Å². The lowest BCUT2D eigenvalue weighted by Crippen LogP contribution is -1.80. The van der Waals surface area contributed by atoms with Crippen molar-refractivity contribution in [1.29, 1.82) is 0 Å². The Morgan fingerprint density at radius 3 is 2.92 bits per heavy atom. The standard InChI is InChI=1S/C9H4BrIOS/c10-6-1-2-7-8(9(6)11)5(3-12)4-13-7/h1-4H. The van der Waals surface area contributed by atoms with Gasteiger partial charge in [0, 0.05) is 29.1 Å². The van der Waals surface area contributed by atoms with Gasteiger partial charge in [-0.3, -0.25) is 4.79 Å². The lowest BCUT2D eigenvalue weighted by molar-refractivity contribution is 0.112. The van der Waals surface area contributed by atoms with Crippen molar-refractivity contribution in [3.05, 3.63) is 31.1 Å². The average molecular weight is 367 g/mol. The molecule has 0 saturated heterocycles. The fourth-order valence-corrected chi connectivity index (χ4v) is 3.38. The summed E-state index contributed by atoms with van der Waals surface area (Å²) in [5, 5.41) is 2.96. The highest BCUT2D eigenvalue weighted by Gasteiger charge is 2.08. The van der Waals surface area contributed by atoms with Gasteiger partial charge in [-0.15, -0.1) is 11.3 Å². The molecule has 1 nitrogen and oxygen atoms in total. The number of carbonyl (C=O) groups excluding carboxylic acids is 1. The number of aldehydes is 1. The van der Waals surface area contributed by atoms with E-state index in [-0.39, 0.29) is 0 Å². The molecule has 0 fully saturated rings. The Labute approximate surface area is 101 Å². The molecule has 2 rings (SSSR count). The second kappa shape index (κ2) is 3.67. The molecule has 0 amide bonds. The zero-order valence-electron chi connectivity index (χ0n) is 6.38. The molecule has 0 N–H and O–H groups in total. The molecule has 0 aliphatic heterocycles. The third-order valence-electron chi connectivity index (χ3n) is 1.79. The van der Waals surface area contributed by atoms with Crippen LogP contribution >= 0.6 is 49.9 Å². The van der Waals surface area contributed by atoms with Gasteiger partial charge in [0.15, 0.2) is 6.29 Å². The van der Waals surface area contributed by atoms with Gasteiger partial charge >= 0.3 is 0 Å². The second-order valence-corrected chi connectivity index (χ2v) is 5.39. The average Bonchev–Trinajstić information content (AvgIpc) is 2.55. The monoisotopic (exact) mass is 366 g/mol. The normalized spacial score (nSPS) is 10.6. The molecule has 0 radical (unpaired) electrons. The van der Waals surface area contributed by atoms with Crippen LogP contribution in [0.2, 0.25) is 0 Å². The van der Waals surface area contributed by atoms with Crippen molar-refractivity contribution in [3.8, 4) is 0 Å². The molecule has 2 aromatic rings. The maximum Gasteiger partial charge on any atom is 0.151 e. The molecule has 1 heterocycles. The Morgan fingerprint density at radius 1 is 1.46 bits per heavy atom. The second-order valence-electron chi connectivity index (χ2n) is 2.54. The first-order chi connectivity index (χ1) is 6.24. The van der Waals surface area contributed by atoms with E-state index in [1.807, 2.05) is 17.5 Å². The third kappa shape index (κ3) is 1.55. The molecule has 66 valence electrons. The maximum atomic E-state index is 10.7. The number of thiophene rings is 1.